The Kier molecular flexibility index (Phi) is 3.03. The van der Waals surface area contributed by atoms with Crippen molar-refractivity contribution >= 4 is 11.0 Å². The highest BCUT2D eigenvalue weighted by atomic mass is 19.1. The third kappa shape index (κ3) is 2.34. The van der Waals surface area contributed by atoms with E-state index in [1.165, 1.54) is 6.07 Å². The molecule has 3 heterocycles. The number of hydrogen-bond donors (Lipinski definition) is 2. The number of fused-ring (bicyclic) bond motifs is 2. The largest absolute Gasteiger partial charge is 0.485 e. The van der Waals surface area contributed by atoms with Crippen LogP contribution in [0.25, 0.3) is 22.2 Å². The number of aromatic amines is 2. The van der Waals surface area contributed by atoms with Gasteiger partial charge in [-0.25, -0.2) is 9.37 Å². The first kappa shape index (κ1) is 14.1. The van der Waals surface area contributed by atoms with Crippen molar-refractivity contribution in [2.75, 3.05) is 6.61 Å². The monoisotopic (exact) mass is 335 g/mol. The van der Waals surface area contributed by atoms with Gasteiger partial charge in [0.25, 0.3) is 0 Å². The van der Waals surface area contributed by atoms with Crippen LogP contribution in [-0.2, 0) is 0 Å². The van der Waals surface area contributed by atoms with Gasteiger partial charge in [-0.1, -0.05) is 12.1 Å². The van der Waals surface area contributed by atoms with Crippen LogP contribution in [0.4, 0.5) is 4.39 Å². The van der Waals surface area contributed by atoms with Crippen molar-refractivity contribution in [3.8, 4) is 22.6 Å². The van der Waals surface area contributed by atoms with Crippen molar-refractivity contribution in [2.24, 2.45) is 0 Å². The Bertz CT molecular complexity index is 1060. The van der Waals surface area contributed by atoms with Crippen LogP contribution >= 0.6 is 0 Å². The van der Waals surface area contributed by atoms with Crippen molar-refractivity contribution < 1.29 is 13.9 Å². The molecule has 0 radical (unpaired) electrons. The molecular weight excluding hydrogens is 321 g/mol. The van der Waals surface area contributed by atoms with Gasteiger partial charge in [-0.15, -0.1) is 0 Å². The molecule has 2 aromatic carbocycles. The summed E-state index contributed by atoms with van der Waals surface area (Å²) in [6.45, 7) is 0.323. The van der Waals surface area contributed by atoms with E-state index in [4.69, 9.17) is 9.47 Å². The first-order valence-corrected chi connectivity index (χ1v) is 7.99. The molecule has 0 aliphatic carbocycles. The highest BCUT2D eigenvalue weighted by Crippen LogP contribution is 2.36. The third-order valence-corrected chi connectivity index (χ3v) is 4.30. The maximum absolute atomic E-state index is 14.5. The molecule has 124 valence electrons. The maximum Gasteiger partial charge on any atom is 0.190 e. The summed E-state index contributed by atoms with van der Waals surface area (Å²) in [5, 5.41) is 0. The molecule has 2 aromatic heterocycles. The second kappa shape index (κ2) is 5.37. The minimum absolute atomic E-state index is 0.303. The molecule has 0 saturated carbocycles. The van der Waals surface area contributed by atoms with Gasteiger partial charge in [0, 0.05) is 12.4 Å². The highest BCUT2D eigenvalue weighted by Gasteiger charge is 2.25. The number of rotatable bonds is 2. The fourth-order valence-electron chi connectivity index (χ4n) is 3.07. The van der Waals surface area contributed by atoms with Gasteiger partial charge >= 0.3 is 0 Å². The molecule has 2 N–H and O–H groups in total. The lowest BCUT2D eigenvalue weighted by Gasteiger charge is -2.24. The predicted molar refractivity (Wildman–Crippen MR) is 91.1 cm³/mol. The number of para-hydroxylation sites is 2. The standard InChI is InChI=1S/C19H14FN3O2/c20-13-7-12(11-5-6-21-9-11)8-14-18(13)23-19(22-14)17-10-24-15-3-1-2-4-16(15)25-17/h1-9,17,21H,10H2,(H,22,23). The normalized spacial score (nSPS) is 16.3. The summed E-state index contributed by atoms with van der Waals surface area (Å²) in [5.41, 5.74) is 2.64. The van der Waals surface area contributed by atoms with Crippen LogP contribution in [0.3, 0.4) is 0 Å². The number of nitrogens with zero attached hydrogens (tertiary/aromatic N) is 1. The van der Waals surface area contributed by atoms with Gasteiger partial charge in [-0.3, -0.25) is 0 Å². The number of H-pyrrole nitrogens is 2. The van der Waals surface area contributed by atoms with Crippen LogP contribution < -0.4 is 9.47 Å². The Morgan fingerprint density at radius 2 is 1.96 bits per heavy atom. The summed E-state index contributed by atoms with van der Waals surface area (Å²) in [7, 11) is 0. The van der Waals surface area contributed by atoms with Crippen molar-refractivity contribution in [3.05, 3.63) is 66.5 Å². The van der Waals surface area contributed by atoms with Gasteiger partial charge in [0.05, 0.1) is 5.52 Å². The van der Waals surface area contributed by atoms with E-state index in [9.17, 15) is 4.39 Å². The van der Waals surface area contributed by atoms with Crippen LogP contribution in [0.5, 0.6) is 11.5 Å². The average molecular weight is 335 g/mol. The van der Waals surface area contributed by atoms with E-state index in [2.05, 4.69) is 15.0 Å². The Hall–Kier alpha value is -3.28. The van der Waals surface area contributed by atoms with E-state index in [1.807, 2.05) is 42.6 Å². The maximum atomic E-state index is 14.5. The van der Waals surface area contributed by atoms with E-state index >= 15 is 0 Å². The zero-order chi connectivity index (χ0) is 16.8. The van der Waals surface area contributed by atoms with Crippen LogP contribution in [-0.4, -0.2) is 21.6 Å². The van der Waals surface area contributed by atoms with E-state index in [1.54, 1.807) is 6.20 Å². The second-order valence-electron chi connectivity index (χ2n) is 5.94. The van der Waals surface area contributed by atoms with E-state index < -0.39 is 6.10 Å². The molecule has 1 aliphatic heterocycles. The minimum Gasteiger partial charge on any atom is -0.485 e. The molecule has 0 amide bonds. The lowest BCUT2D eigenvalue weighted by molar-refractivity contribution is 0.0859. The van der Waals surface area contributed by atoms with Gasteiger partial charge in [0.1, 0.15) is 12.1 Å². The van der Waals surface area contributed by atoms with E-state index in [0.717, 1.165) is 11.1 Å². The molecular formula is C19H14FN3O2. The minimum atomic E-state index is -0.405. The van der Waals surface area contributed by atoms with Gasteiger partial charge < -0.3 is 19.4 Å². The molecule has 1 atom stereocenters. The fourth-order valence-corrected chi connectivity index (χ4v) is 3.07. The van der Waals surface area contributed by atoms with E-state index in [0.29, 0.717) is 35.0 Å². The lowest BCUT2D eigenvalue weighted by atomic mass is 10.1. The average Bonchev–Trinajstić information content (AvgIpc) is 3.31. The summed E-state index contributed by atoms with van der Waals surface area (Å²) in [4.78, 5) is 10.5. The molecule has 0 spiro atoms. The van der Waals surface area contributed by atoms with E-state index in [-0.39, 0.29) is 5.82 Å². The Labute approximate surface area is 142 Å². The molecule has 6 heteroatoms. The summed E-state index contributed by atoms with van der Waals surface area (Å²) >= 11 is 0. The number of aromatic nitrogens is 3. The van der Waals surface area contributed by atoms with Crippen LogP contribution in [0, 0.1) is 5.82 Å². The van der Waals surface area contributed by atoms with Gasteiger partial charge in [0.2, 0.25) is 0 Å². The van der Waals surface area contributed by atoms with Crippen molar-refractivity contribution in [1.29, 1.82) is 0 Å². The number of halogens is 1. The first-order valence-electron chi connectivity index (χ1n) is 7.99. The predicted octanol–water partition coefficient (Wildman–Crippen LogP) is 4.21. The zero-order valence-electron chi connectivity index (χ0n) is 13.1. The fraction of sp³-hybridized carbons (Fsp3) is 0.105. The van der Waals surface area contributed by atoms with Crippen molar-refractivity contribution in [1.82, 2.24) is 15.0 Å². The molecule has 0 bridgehead atoms. The molecule has 25 heavy (non-hydrogen) atoms. The number of ether oxygens (including phenoxy) is 2. The third-order valence-electron chi connectivity index (χ3n) is 4.30. The molecule has 4 aromatic rings. The smallest absolute Gasteiger partial charge is 0.190 e. The zero-order valence-corrected chi connectivity index (χ0v) is 13.1. The van der Waals surface area contributed by atoms with Crippen molar-refractivity contribution in [3.63, 3.8) is 0 Å². The SMILES string of the molecule is Fc1cc(-c2cc[nH]c2)cc2[nH]c(C3COc4ccccc4O3)nc12. The summed E-state index contributed by atoms with van der Waals surface area (Å²) in [6.07, 6.45) is 3.23. The molecule has 5 rings (SSSR count). The number of nitrogens with one attached hydrogen (secondary N) is 2. The van der Waals surface area contributed by atoms with Crippen molar-refractivity contribution in [2.45, 2.75) is 6.10 Å². The lowest BCUT2D eigenvalue weighted by Crippen LogP contribution is -2.22. The molecule has 0 saturated heterocycles. The van der Waals surface area contributed by atoms with Gasteiger partial charge in [0.15, 0.2) is 29.2 Å². The van der Waals surface area contributed by atoms with Crippen LogP contribution in [0.15, 0.2) is 54.9 Å². The Balaban J connectivity index is 1.54. The Morgan fingerprint density at radius 3 is 2.80 bits per heavy atom. The topological polar surface area (TPSA) is 62.9 Å². The summed E-state index contributed by atoms with van der Waals surface area (Å²) < 4.78 is 26.2. The molecule has 1 unspecified atom stereocenters. The summed E-state index contributed by atoms with van der Waals surface area (Å²) in [6, 6.07) is 12.7. The van der Waals surface area contributed by atoms with Gasteiger partial charge in [-0.2, -0.15) is 0 Å². The number of hydrogen-bond acceptors (Lipinski definition) is 3. The number of benzene rings is 2. The van der Waals surface area contributed by atoms with Crippen LogP contribution in [0.2, 0.25) is 0 Å². The van der Waals surface area contributed by atoms with Crippen LogP contribution in [0.1, 0.15) is 11.9 Å². The second-order valence-corrected chi connectivity index (χ2v) is 5.94. The van der Waals surface area contributed by atoms with Gasteiger partial charge in [-0.05, 0) is 41.5 Å². The molecule has 1 aliphatic rings. The molecule has 5 nitrogen and oxygen atoms in total. The quantitative estimate of drug-likeness (QED) is 0.577. The Morgan fingerprint density at radius 1 is 1.08 bits per heavy atom. The first-order chi connectivity index (χ1) is 12.3. The highest BCUT2D eigenvalue weighted by molar-refractivity contribution is 5.82. The summed E-state index contributed by atoms with van der Waals surface area (Å²) in [5.74, 6) is 1.55. The molecule has 0 fully saturated rings. The number of imidazole rings is 1.